The van der Waals surface area contributed by atoms with Crippen LogP contribution in [0.1, 0.15) is 13.3 Å². The van der Waals surface area contributed by atoms with Gasteiger partial charge in [-0.3, -0.25) is 0 Å². The quantitative estimate of drug-likeness (QED) is 0.659. The second kappa shape index (κ2) is 3.53. The minimum absolute atomic E-state index is 0.527. The van der Waals surface area contributed by atoms with Crippen molar-refractivity contribution in [3.63, 3.8) is 0 Å². The van der Waals surface area contributed by atoms with Gasteiger partial charge in [-0.15, -0.1) is 3.33 Å². The zero-order chi connectivity index (χ0) is 7.49. The van der Waals surface area contributed by atoms with E-state index in [1.54, 1.807) is 0 Å². The molecule has 0 aromatic carbocycles. The van der Waals surface area contributed by atoms with Crippen molar-refractivity contribution in [3.8, 4) is 0 Å². The Balaban J connectivity index is 3.90. The molecule has 0 radical (unpaired) electrons. The van der Waals surface area contributed by atoms with Crippen LogP contribution in [0.2, 0.25) is 0 Å². The number of hydrogen-bond acceptors (Lipinski definition) is 2. The van der Waals surface area contributed by atoms with Gasteiger partial charge < -0.3 is 0 Å². The van der Waals surface area contributed by atoms with Crippen LogP contribution in [-0.4, -0.2) is 24.5 Å². The average molecular weight is 216 g/mol. The Morgan fingerprint density at radius 1 is 1.56 bits per heavy atom. The topological polar surface area (TPSA) is 37.4 Å². The lowest BCUT2D eigenvalue weighted by molar-refractivity contribution is 0.551. The zero-order valence-electron chi connectivity index (χ0n) is 5.46. The fraction of sp³-hybridized carbons (Fsp3) is 1.00. The fourth-order valence-electron chi connectivity index (χ4n) is 0.342. The molecule has 0 aliphatic rings. The van der Waals surface area contributed by atoms with Crippen molar-refractivity contribution in [2.24, 2.45) is 0 Å². The van der Waals surface area contributed by atoms with Crippen LogP contribution in [0, 0.1) is 0 Å². The first-order valence-electron chi connectivity index (χ1n) is 2.62. The molecule has 0 aliphatic heterocycles. The molecule has 0 saturated carbocycles. The second-order valence-electron chi connectivity index (χ2n) is 1.77. The molecular formula is C4H10BrNO2S. The first-order chi connectivity index (χ1) is 3.98. The van der Waals surface area contributed by atoms with Gasteiger partial charge in [-0.25, -0.2) is 8.42 Å². The van der Waals surface area contributed by atoms with Crippen LogP contribution < -0.4 is 0 Å². The molecular weight excluding hydrogens is 206 g/mol. The van der Waals surface area contributed by atoms with Crippen molar-refractivity contribution >= 4 is 26.2 Å². The molecule has 0 aromatic rings. The molecule has 3 nitrogen and oxygen atoms in total. The predicted molar refractivity (Wildman–Crippen MR) is 40.8 cm³/mol. The van der Waals surface area contributed by atoms with Gasteiger partial charge in [0.15, 0.2) is 0 Å². The Morgan fingerprint density at radius 3 is 2.11 bits per heavy atom. The predicted octanol–water partition coefficient (Wildman–Crippen LogP) is 0.968. The molecule has 0 saturated heterocycles. The van der Waals surface area contributed by atoms with E-state index in [9.17, 15) is 8.42 Å². The Hall–Kier alpha value is 0.390. The maximum Gasteiger partial charge on any atom is 0.220 e. The van der Waals surface area contributed by atoms with Crippen LogP contribution in [0.15, 0.2) is 0 Å². The Labute approximate surface area is 64.4 Å². The van der Waals surface area contributed by atoms with E-state index in [0.717, 1.165) is 16.0 Å². The molecule has 0 N–H and O–H groups in total. The Bertz CT molecular complexity index is 165. The van der Waals surface area contributed by atoms with Crippen LogP contribution in [0.5, 0.6) is 0 Å². The molecule has 0 fully saturated rings. The summed E-state index contributed by atoms with van der Waals surface area (Å²) >= 11 is 2.90. The summed E-state index contributed by atoms with van der Waals surface area (Å²) in [4.78, 5) is 0. The summed E-state index contributed by atoms with van der Waals surface area (Å²) in [5, 5.41) is 0. The third kappa shape index (κ3) is 3.89. The van der Waals surface area contributed by atoms with Crippen molar-refractivity contribution < 1.29 is 8.42 Å². The fourth-order valence-corrected chi connectivity index (χ4v) is 1.21. The van der Waals surface area contributed by atoms with Gasteiger partial charge in [0, 0.05) is 22.7 Å². The molecule has 0 amide bonds. The van der Waals surface area contributed by atoms with Crippen LogP contribution in [0.3, 0.4) is 0 Å². The highest BCUT2D eigenvalue weighted by Gasteiger charge is 2.09. The summed E-state index contributed by atoms with van der Waals surface area (Å²) in [6.45, 7) is 2.44. The SMILES string of the molecule is CCCN(Br)S(C)(=O)=O. The number of sulfonamides is 1. The van der Waals surface area contributed by atoms with Gasteiger partial charge >= 0.3 is 0 Å². The third-order valence-electron chi connectivity index (χ3n) is 0.759. The molecule has 56 valence electrons. The van der Waals surface area contributed by atoms with Crippen LogP contribution in [-0.2, 0) is 10.0 Å². The lowest BCUT2D eigenvalue weighted by Gasteiger charge is -2.08. The first-order valence-corrected chi connectivity index (χ1v) is 5.17. The summed E-state index contributed by atoms with van der Waals surface area (Å²) in [6, 6.07) is 0. The van der Waals surface area contributed by atoms with E-state index >= 15 is 0 Å². The lowest BCUT2D eigenvalue weighted by atomic mass is 10.5. The summed E-state index contributed by atoms with van der Waals surface area (Å²) in [5.41, 5.74) is 0. The van der Waals surface area contributed by atoms with Crippen LogP contribution >= 0.6 is 16.1 Å². The standard InChI is InChI=1S/C4H10BrNO2S/c1-3-4-6(5)9(2,7)8/h3-4H2,1-2H3. The van der Waals surface area contributed by atoms with Gasteiger partial charge in [0.05, 0.1) is 6.26 Å². The number of hydrogen-bond donors (Lipinski definition) is 0. The van der Waals surface area contributed by atoms with E-state index in [2.05, 4.69) is 16.1 Å². The zero-order valence-corrected chi connectivity index (χ0v) is 7.87. The average Bonchev–Trinajstić information content (AvgIpc) is 1.64. The Kier molecular flexibility index (Phi) is 3.68. The second-order valence-corrected chi connectivity index (χ2v) is 5.01. The van der Waals surface area contributed by atoms with E-state index in [-0.39, 0.29) is 0 Å². The molecule has 0 rings (SSSR count). The van der Waals surface area contributed by atoms with Crippen molar-refractivity contribution in [2.75, 3.05) is 12.8 Å². The van der Waals surface area contributed by atoms with Gasteiger partial charge in [-0.05, 0) is 6.42 Å². The maximum absolute atomic E-state index is 10.6. The van der Waals surface area contributed by atoms with Crippen molar-refractivity contribution in [2.45, 2.75) is 13.3 Å². The monoisotopic (exact) mass is 215 g/mol. The highest BCUT2D eigenvalue weighted by molar-refractivity contribution is 9.08. The highest BCUT2D eigenvalue weighted by atomic mass is 79.9. The first kappa shape index (κ1) is 9.39. The maximum atomic E-state index is 10.6. The largest absolute Gasteiger partial charge is 0.220 e. The van der Waals surface area contributed by atoms with Crippen LogP contribution in [0.25, 0.3) is 0 Å². The lowest BCUT2D eigenvalue weighted by Crippen LogP contribution is -2.19. The smallest absolute Gasteiger partial charge is 0.212 e. The van der Waals surface area contributed by atoms with Gasteiger partial charge in [0.25, 0.3) is 0 Å². The van der Waals surface area contributed by atoms with Crippen molar-refractivity contribution in [1.29, 1.82) is 0 Å². The molecule has 9 heavy (non-hydrogen) atoms. The number of rotatable bonds is 3. The Morgan fingerprint density at radius 2 is 2.00 bits per heavy atom. The molecule has 5 heteroatoms. The molecule has 0 spiro atoms. The van der Waals surface area contributed by atoms with E-state index < -0.39 is 10.0 Å². The van der Waals surface area contributed by atoms with Gasteiger partial charge in [-0.2, -0.15) is 0 Å². The van der Waals surface area contributed by atoms with Crippen molar-refractivity contribution in [1.82, 2.24) is 3.33 Å². The van der Waals surface area contributed by atoms with Gasteiger partial charge in [0.2, 0.25) is 10.0 Å². The highest BCUT2D eigenvalue weighted by Crippen LogP contribution is 2.04. The van der Waals surface area contributed by atoms with Gasteiger partial charge in [0.1, 0.15) is 0 Å². The van der Waals surface area contributed by atoms with Crippen LogP contribution in [0.4, 0.5) is 0 Å². The summed E-state index contributed by atoms with van der Waals surface area (Å²) in [6.07, 6.45) is 1.98. The summed E-state index contributed by atoms with van der Waals surface area (Å²) < 4.78 is 22.4. The van der Waals surface area contributed by atoms with E-state index in [1.807, 2.05) is 6.92 Å². The molecule has 0 aromatic heterocycles. The molecule has 0 heterocycles. The molecule has 0 unspecified atom stereocenters. The summed E-state index contributed by atoms with van der Waals surface area (Å²) in [7, 11) is -3.01. The number of halogens is 1. The molecule has 0 bridgehead atoms. The number of nitrogens with zero attached hydrogens (tertiary/aromatic N) is 1. The van der Waals surface area contributed by atoms with Gasteiger partial charge in [-0.1, -0.05) is 6.92 Å². The molecule has 0 aliphatic carbocycles. The van der Waals surface area contributed by atoms with Crippen molar-refractivity contribution in [3.05, 3.63) is 0 Å². The van der Waals surface area contributed by atoms with E-state index in [4.69, 9.17) is 0 Å². The van der Waals surface area contributed by atoms with E-state index in [1.165, 1.54) is 0 Å². The third-order valence-corrected chi connectivity index (χ3v) is 3.59. The minimum Gasteiger partial charge on any atom is -0.212 e. The van der Waals surface area contributed by atoms with E-state index in [0.29, 0.717) is 6.54 Å². The summed E-state index contributed by atoms with van der Waals surface area (Å²) in [5.74, 6) is 0. The normalized spacial score (nSPS) is 12.4. The minimum atomic E-state index is -3.01. The molecule has 0 atom stereocenters.